The van der Waals surface area contributed by atoms with E-state index in [2.05, 4.69) is 34.4 Å². The van der Waals surface area contributed by atoms with E-state index in [1.165, 1.54) is 0 Å². The Bertz CT molecular complexity index is 824. The Morgan fingerprint density at radius 3 is 2.73 bits per heavy atom. The molecule has 8 nitrogen and oxygen atoms in total. The molecule has 1 aliphatic heterocycles. The summed E-state index contributed by atoms with van der Waals surface area (Å²) in [7, 11) is 1.77. The van der Waals surface area contributed by atoms with Crippen LogP contribution < -0.4 is 0 Å². The Hall–Kier alpha value is -2.71. The maximum Gasteiger partial charge on any atom is 0.195 e. The Morgan fingerprint density at radius 2 is 1.96 bits per heavy atom. The number of rotatable bonds is 5. The van der Waals surface area contributed by atoms with Crippen LogP contribution in [0.15, 0.2) is 49.4 Å². The predicted octanol–water partition coefficient (Wildman–Crippen LogP) is 1.79. The second-order valence-electron chi connectivity index (χ2n) is 6.23. The summed E-state index contributed by atoms with van der Waals surface area (Å²) in [5.41, 5.74) is 0.861. The summed E-state index contributed by atoms with van der Waals surface area (Å²) in [5.74, 6) is 1.30. The van der Waals surface area contributed by atoms with E-state index >= 15 is 0 Å². The van der Waals surface area contributed by atoms with E-state index in [0.717, 1.165) is 31.6 Å². The highest BCUT2D eigenvalue weighted by atomic mass is 16.5. The zero-order valence-electron chi connectivity index (χ0n) is 14.6. The highest BCUT2D eigenvalue weighted by Gasteiger charge is 2.31. The van der Waals surface area contributed by atoms with Gasteiger partial charge in [-0.25, -0.2) is 15.0 Å². The molecule has 0 aromatic carbocycles. The van der Waals surface area contributed by atoms with Gasteiger partial charge in [0.2, 0.25) is 0 Å². The molecule has 0 aliphatic carbocycles. The average Bonchev–Trinajstić information content (AvgIpc) is 3.19. The first-order valence-electron chi connectivity index (χ1n) is 8.70. The van der Waals surface area contributed by atoms with Crippen molar-refractivity contribution in [2.75, 3.05) is 20.2 Å². The van der Waals surface area contributed by atoms with Crippen molar-refractivity contribution in [1.29, 1.82) is 0 Å². The quantitative estimate of drug-likeness (QED) is 0.693. The van der Waals surface area contributed by atoms with Crippen LogP contribution in [0.25, 0.3) is 11.6 Å². The molecule has 2 unspecified atom stereocenters. The number of nitrogens with zero attached hydrogens (tertiary/aromatic N) is 7. The van der Waals surface area contributed by atoms with Gasteiger partial charge in [-0.1, -0.05) is 0 Å². The third kappa shape index (κ3) is 3.33. The Kier molecular flexibility index (Phi) is 4.94. The standard InChI is InChI=1S/C18H21N7O/c1-26-14-4-2-10-24(13-14)18(15-12-19-7-8-20-15)25-11-9-23-17(25)16-21-5-3-6-22-16/h3,5-9,11-12,14,18H,2,4,10,13H2,1H3. The lowest BCUT2D eigenvalue weighted by Crippen LogP contribution is -2.44. The SMILES string of the molecule is COC1CCCN(C(c2cnccn2)n2ccnc2-c2ncccn2)C1. The molecule has 3 aromatic rings. The van der Waals surface area contributed by atoms with Crippen molar-refractivity contribution in [3.05, 3.63) is 55.1 Å². The molecular formula is C18H21N7O. The Morgan fingerprint density at radius 1 is 1.08 bits per heavy atom. The van der Waals surface area contributed by atoms with Crippen LogP contribution in [0.2, 0.25) is 0 Å². The van der Waals surface area contributed by atoms with Gasteiger partial charge in [0.25, 0.3) is 0 Å². The lowest BCUT2D eigenvalue weighted by Gasteiger charge is -2.38. The van der Waals surface area contributed by atoms with Crippen LogP contribution in [0.4, 0.5) is 0 Å². The molecule has 8 heteroatoms. The Balaban J connectivity index is 1.76. The van der Waals surface area contributed by atoms with Crippen molar-refractivity contribution < 1.29 is 4.74 Å². The molecule has 0 radical (unpaired) electrons. The molecular weight excluding hydrogens is 330 g/mol. The van der Waals surface area contributed by atoms with Gasteiger partial charge < -0.3 is 9.30 Å². The van der Waals surface area contributed by atoms with E-state index in [-0.39, 0.29) is 12.3 Å². The number of imidazole rings is 1. The monoisotopic (exact) mass is 351 g/mol. The smallest absolute Gasteiger partial charge is 0.195 e. The van der Waals surface area contributed by atoms with Crippen molar-refractivity contribution in [3.8, 4) is 11.6 Å². The van der Waals surface area contributed by atoms with Crippen molar-refractivity contribution in [2.45, 2.75) is 25.1 Å². The fourth-order valence-corrected chi connectivity index (χ4v) is 3.43. The summed E-state index contributed by atoms with van der Waals surface area (Å²) in [6, 6.07) is 1.80. The maximum absolute atomic E-state index is 5.61. The molecule has 1 fully saturated rings. The summed E-state index contributed by atoms with van der Waals surface area (Å²) in [6.45, 7) is 1.78. The van der Waals surface area contributed by atoms with Crippen LogP contribution in [0.1, 0.15) is 24.7 Å². The summed E-state index contributed by atoms with van der Waals surface area (Å²) in [5, 5.41) is 0. The molecule has 0 amide bonds. The minimum absolute atomic E-state index is 0.136. The van der Waals surface area contributed by atoms with E-state index in [4.69, 9.17) is 4.74 Å². The van der Waals surface area contributed by atoms with Gasteiger partial charge in [0.05, 0.1) is 18.0 Å². The van der Waals surface area contributed by atoms with Gasteiger partial charge in [0, 0.05) is 57.4 Å². The Labute approximate surface area is 151 Å². The summed E-state index contributed by atoms with van der Waals surface area (Å²) in [6.07, 6.45) is 14.6. The average molecular weight is 351 g/mol. The molecule has 0 bridgehead atoms. The number of aromatic nitrogens is 6. The minimum atomic E-state index is -0.136. The molecule has 3 aromatic heterocycles. The van der Waals surface area contributed by atoms with E-state index in [1.807, 2.05) is 6.20 Å². The molecule has 4 rings (SSSR count). The predicted molar refractivity (Wildman–Crippen MR) is 95.0 cm³/mol. The van der Waals surface area contributed by atoms with Crippen LogP contribution in [-0.4, -0.2) is 60.7 Å². The number of hydrogen-bond acceptors (Lipinski definition) is 7. The fraction of sp³-hybridized carbons (Fsp3) is 0.389. The van der Waals surface area contributed by atoms with Gasteiger partial charge in [-0.05, 0) is 18.9 Å². The topological polar surface area (TPSA) is 81.9 Å². The van der Waals surface area contributed by atoms with Crippen LogP contribution in [0, 0.1) is 0 Å². The lowest BCUT2D eigenvalue weighted by atomic mass is 10.1. The number of piperidine rings is 1. The highest BCUT2D eigenvalue weighted by molar-refractivity contribution is 5.43. The molecule has 4 heterocycles. The van der Waals surface area contributed by atoms with E-state index in [1.54, 1.807) is 50.4 Å². The first kappa shape index (κ1) is 16.7. The summed E-state index contributed by atoms with van der Waals surface area (Å²) < 4.78 is 7.68. The van der Waals surface area contributed by atoms with Crippen LogP contribution >= 0.6 is 0 Å². The van der Waals surface area contributed by atoms with Gasteiger partial charge in [-0.3, -0.25) is 14.9 Å². The number of ether oxygens (including phenoxy) is 1. The molecule has 0 spiro atoms. The molecule has 1 aliphatic rings. The fourth-order valence-electron chi connectivity index (χ4n) is 3.43. The van der Waals surface area contributed by atoms with Gasteiger partial charge >= 0.3 is 0 Å². The number of methoxy groups -OCH3 is 1. The molecule has 2 atom stereocenters. The summed E-state index contributed by atoms with van der Waals surface area (Å²) in [4.78, 5) is 24.4. The molecule has 26 heavy (non-hydrogen) atoms. The van der Waals surface area contributed by atoms with Crippen LogP contribution in [0.3, 0.4) is 0 Å². The molecule has 0 saturated carbocycles. The third-order valence-corrected chi connectivity index (χ3v) is 4.63. The molecule has 0 N–H and O–H groups in total. The normalized spacial score (nSPS) is 19.3. The first-order chi connectivity index (χ1) is 12.9. The van der Waals surface area contributed by atoms with E-state index < -0.39 is 0 Å². The van der Waals surface area contributed by atoms with Crippen molar-refractivity contribution in [3.63, 3.8) is 0 Å². The molecule has 1 saturated heterocycles. The summed E-state index contributed by atoms with van der Waals surface area (Å²) >= 11 is 0. The van der Waals surface area contributed by atoms with Gasteiger partial charge in [-0.15, -0.1) is 0 Å². The van der Waals surface area contributed by atoms with Crippen LogP contribution in [0.5, 0.6) is 0 Å². The second-order valence-corrected chi connectivity index (χ2v) is 6.23. The third-order valence-electron chi connectivity index (χ3n) is 4.63. The van der Waals surface area contributed by atoms with Gasteiger partial charge in [0.15, 0.2) is 11.6 Å². The number of likely N-dealkylation sites (tertiary alicyclic amines) is 1. The second kappa shape index (κ2) is 7.67. The highest BCUT2D eigenvalue weighted by Crippen LogP contribution is 2.28. The van der Waals surface area contributed by atoms with Crippen molar-refractivity contribution in [1.82, 2.24) is 34.4 Å². The van der Waals surface area contributed by atoms with Gasteiger partial charge in [-0.2, -0.15) is 0 Å². The number of hydrogen-bond donors (Lipinski definition) is 0. The lowest BCUT2D eigenvalue weighted by molar-refractivity contribution is 0.00777. The minimum Gasteiger partial charge on any atom is -0.380 e. The zero-order valence-corrected chi connectivity index (χ0v) is 14.6. The van der Waals surface area contributed by atoms with Gasteiger partial charge in [0.1, 0.15) is 6.17 Å². The molecule has 134 valence electrons. The maximum atomic E-state index is 5.61. The van der Waals surface area contributed by atoms with Crippen molar-refractivity contribution >= 4 is 0 Å². The van der Waals surface area contributed by atoms with Crippen molar-refractivity contribution in [2.24, 2.45) is 0 Å². The van der Waals surface area contributed by atoms with E-state index in [0.29, 0.717) is 11.6 Å². The largest absolute Gasteiger partial charge is 0.380 e. The first-order valence-corrected chi connectivity index (χ1v) is 8.70. The zero-order chi connectivity index (χ0) is 17.8. The van der Waals surface area contributed by atoms with Crippen LogP contribution in [-0.2, 0) is 4.74 Å². The van der Waals surface area contributed by atoms with E-state index in [9.17, 15) is 0 Å².